The molecule has 2 saturated heterocycles. The number of fused-ring (bicyclic) bond motifs is 1. The average molecular weight is 387 g/mol. The van der Waals surface area contributed by atoms with Crippen LogP contribution in [-0.2, 0) is 17.9 Å². The SMILES string of the molecule is CC.CN1Cc2cccc(C(=O)N3CCN(C(=O)C4CCCN4C)CC3)c2C1. The number of amides is 2. The van der Waals surface area contributed by atoms with E-state index in [1.165, 1.54) is 11.1 Å². The van der Waals surface area contributed by atoms with Gasteiger partial charge in [-0.15, -0.1) is 0 Å². The molecule has 0 aromatic heterocycles. The van der Waals surface area contributed by atoms with Gasteiger partial charge in [-0.25, -0.2) is 0 Å². The highest BCUT2D eigenvalue weighted by molar-refractivity contribution is 5.96. The van der Waals surface area contributed by atoms with Crippen molar-refractivity contribution in [3.63, 3.8) is 0 Å². The molecule has 1 unspecified atom stereocenters. The predicted octanol–water partition coefficient (Wildman–Crippen LogP) is 2.04. The number of piperazine rings is 1. The first-order chi connectivity index (χ1) is 13.5. The molecule has 1 atom stereocenters. The zero-order chi connectivity index (χ0) is 20.3. The molecule has 1 aromatic carbocycles. The molecule has 0 spiro atoms. The van der Waals surface area contributed by atoms with Gasteiger partial charge in [0.2, 0.25) is 5.91 Å². The Bertz CT molecular complexity index is 712. The quantitative estimate of drug-likeness (QED) is 0.780. The molecule has 0 radical (unpaired) electrons. The average Bonchev–Trinajstić information content (AvgIpc) is 3.32. The van der Waals surface area contributed by atoms with Gasteiger partial charge in [0, 0.05) is 44.8 Å². The number of carbonyl (C=O) groups excluding carboxylic acids is 2. The Hall–Kier alpha value is -1.92. The van der Waals surface area contributed by atoms with Gasteiger partial charge in [-0.2, -0.15) is 0 Å². The van der Waals surface area contributed by atoms with E-state index < -0.39 is 0 Å². The Morgan fingerprint density at radius 2 is 1.61 bits per heavy atom. The van der Waals surface area contributed by atoms with Crippen molar-refractivity contribution in [3.05, 3.63) is 34.9 Å². The second-order valence-electron chi connectivity index (χ2n) is 7.87. The lowest BCUT2D eigenvalue weighted by atomic mass is 10.0. The van der Waals surface area contributed by atoms with Gasteiger partial charge in [0.1, 0.15) is 0 Å². The maximum absolute atomic E-state index is 13.0. The third-order valence-corrected chi connectivity index (χ3v) is 6.06. The van der Waals surface area contributed by atoms with E-state index in [9.17, 15) is 9.59 Å². The molecule has 4 rings (SSSR count). The summed E-state index contributed by atoms with van der Waals surface area (Å²) >= 11 is 0. The molecule has 1 aromatic rings. The van der Waals surface area contributed by atoms with E-state index in [1.54, 1.807) is 0 Å². The summed E-state index contributed by atoms with van der Waals surface area (Å²) in [6.07, 6.45) is 2.05. The minimum absolute atomic E-state index is 0.0326. The monoisotopic (exact) mass is 386 g/mol. The van der Waals surface area contributed by atoms with Crippen molar-refractivity contribution in [1.29, 1.82) is 0 Å². The number of likely N-dealkylation sites (N-methyl/N-ethyl adjacent to an activating group) is 1. The number of likely N-dealkylation sites (tertiary alicyclic amines) is 1. The van der Waals surface area contributed by atoms with E-state index >= 15 is 0 Å². The van der Waals surface area contributed by atoms with E-state index in [4.69, 9.17) is 0 Å². The second kappa shape index (κ2) is 9.05. The lowest BCUT2D eigenvalue weighted by Gasteiger charge is -2.37. The summed E-state index contributed by atoms with van der Waals surface area (Å²) in [6, 6.07) is 6.08. The van der Waals surface area contributed by atoms with Crippen LogP contribution in [0.4, 0.5) is 0 Å². The topological polar surface area (TPSA) is 47.1 Å². The molecule has 6 heteroatoms. The largest absolute Gasteiger partial charge is 0.338 e. The van der Waals surface area contributed by atoms with E-state index in [0.29, 0.717) is 26.2 Å². The van der Waals surface area contributed by atoms with Crippen LogP contribution in [0.3, 0.4) is 0 Å². The summed E-state index contributed by atoms with van der Waals surface area (Å²) in [4.78, 5) is 34.0. The molecular formula is C22H34N4O2. The van der Waals surface area contributed by atoms with Gasteiger partial charge in [0.15, 0.2) is 0 Å². The Labute approximate surface area is 169 Å². The van der Waals surface area contributed by atoms with Crippen LogP contribution < -0.4 is 0 Å². The summed E-state index contributed by atoms with van der Waals surface area (Å²) in [5, 5.41) is 0. The minimum Gasteiger partial charge on any atom is -0.338 e. The molecule has 2 amide bonds. The van der Waals surface area contributed by atoms with Gasteiger partial charge in [-0.1, -0.05) is 26.0 Å². The number of nitrogens with zero attached hydrogens (tertiary/aromatic N) is 4. The standard InChI is InChI=1S/C20H28N4O2.C2H6/c1-21-13-15-5-3-6-16(17(15)14-21)19(25)23-9-11-24(12-10-23)20(26)18-7-4-8-22(18)2;1-2/h3,5-6,18H,4,7-14H2,1-2H3;1-2H3. The highest BCUT2D eigenvalue weighted by atomic mass is 16.2. The van der Waals surface area contributed by atoms with Crippen LogP contribution in [0, 0.1) is 0 Å². The van der Waals surface area contributed by atoms with Crippen molar-refractivity contribution in [2.75, 3.05) is 46.8 Å². The van der Waals surface area contributed by atoms with Gasteiger partial charge in [0.25, 0.3) is 5.91 Å². The maximum atomic E-state index is 13.0. The number of benzene rings is 1. The van der Waals surface area contributed by atoms with E-state index in [0.717, 1.165) is 38.0 Å². The summed E-state index contributed by atoms with van der Waals surface area (Å²) < 4.78 is 0. The molecule has 0 aliphatic carbocycles. The molecule has 154 valence electrons. The fraction of sp³-hybridized carbons (Fsp3) is 0.636. The molecule has 6 nitrogen and oxygen atoms in total. The number of hydrogen-bond acceptors (Lipinski definition) is 4. The van der Waals surface area contributed by atoms with Crippen molar-refractivity contribution in [2.24, 2.45) is 0 Å². The van der Waals surface area contributed by atoms with Crippen molar-refractivity contribution in [2.45, 2.75) is 45.8 Å². The van der Waals surface area contributed by atoms with Crippen molar-refractivity contribution in [1.82, 2.24) is 19.6 Å². The fourth-order valence-corrected chi connectivity index (χ4v) is 4.52. The second-order valence-corrected chi connectivity index (χ2v) is 7.87. The van der Waals surface area contributed by atoms with Gasteiger partial charge in [-0.3, -0.25) is 19.4 Å². The van der Waals surface area contributed by atoms with Crippen LogP contribution >= 0.6 is 0 Å². The number of rotatable bonds is 2. The zero-order valence-corrected chi connectivity index (χ0v) is 17.8. The lowest BCUT2D eigenvalue weighted by molar-refractivity contribution is -0.137. The van der Waals surface area contributed by atoms with Crippen LogP contribution in [0.2, 0.25) is 0 Å². The smallest absolute Gasteiger partial charge is 0.254 e. The van der Waals surface area contributed by atoms with Crippen LogP contribution in [0.15, 0.2) is 18.2 Å². The van der Waals surface area contributed by atoms with Crippen molar-refractivity contribution < 1.29 is 9.59 Å². The minimum atomic E-state index is 0.0326. The van der Waals surface area contributed by atoms with E-state index in [1.807, 2.05) is 42.8 Å². The Morgan fingerprint density at radius 1 is 0.929 bits per heavy atom. The normalized spacial score (nSPS) is 22.6. The molecule has 0 N–H and O–H groups in total. The number of hydrogen-bond donors (Lipinski definition) is 0. The summed E-state index contributed by atoms with van der Waals surface area (Å²) in [6.45, 7) is 9.29. The third kappa shape index (κ3) is 4.08. The van der Waals surface area contributed by atoms with Crippen molar-refractivity contribution in [3.8, 4) is 0 Å². The van der Waals surface area contributed by atoms with Crippen molar-refractivity contribution >= 4 is 11.8 Å². The van der Waals surface area contributed by atoms with Gasteiger partial charge < -0.3 is 9.80 Å². The summed E-state index contributed by atoms with van der Waals surface area (Å²) in [7, 11) is 4.11. The zero-order valence-electron chi connectivity index (χ0n) is 17.8. The highest BCUT2D eigenvalue weighted by Crippen LogP contribution is 2.26. The first-order valence-corrected chi connectivity index (χ1v) is 10.6. The van der Waals surface area contributed by atoms with Crippen LogP contribution in [0.5, 0.6) is 0 Å². The fourth-order valence-electron chi connectivity index (χ4n) is 4.52. The van der Waals surface area contributed by atoms with Crippen LogP contribution in [0.25, 0.3) is 0 Å². The molecule has 2 fully saturated rings. The van der Waals surface area contributed by atoms with Gasteiger partial charge >= 0.3 is 0 Å². The van der Waals surface area contributed by atoms with Gasteiger partial charge in [-0.05, 0) is 50.7 Å². The Kier molecular flexibility index (Phi) is 6.73. The first-order valence-electron chi connectivity index (χ1n) is 10.6. The third-order valence-electron chi connectivity index (χ3n) is 6.06. The molecular weight excluding hydrogens is 352 g/mol. The lowest BCUT2D eigenvalue weighted by Crippen LogP contribution is -2.54. The van der Waals surface area contributed by atoms with Gasteiger partial charge in [0.05, 0.1) is 6.04 Å². The molecule has 28 heavy (non-hydrogen) atoms. The summed E-state index contributed by atoms with van der Waals surface area (Å²) in [5.41, 5.74) is 3.27. The van der Waals surface area contributed by atoms with E-state index in [-0.39, 0.29) is 17.9 Å². The van der Waals surface area contributed by atoms with Crippen LogP contribution in [0.1, 0.15) is 48.2 Å². The highest BCUT2D eigenvalue weighted by Gasteiger charge is 2.34. The first kappa shape index (κ1) is 20.8. The summed E-state index contributed by atoms with van der Waals surface area (Å²) in [5.74, 6) is 0.349. The molecule has 0 saturated carbocycles. The maximum Gasteiger partial charge on any atom is 0.254 e. The Morgan fingerprint density at radius 3 is 2.25 bits per heavy atom. The number of carbonyl (C=O) groups is 2. The molecule has 3 aliphatic rings. The molecule has 3 heterocycles. The predicted molar refractivity (Wildman–Crippen MR) is 111 cm³/mol. The molecule has 3 aliphatic heterocycles. The Balaban J connectivity index is 0.00000109. The van der Waals surface area contributed by atoms with E-state index in [2.05, 4.69) is 22.9 Å². The van der Waals surface area contributed by atoms with Crippen LogP contribution in [-0.4, -0.2) is 84.3 Å². The molecule has 0 bridgehead atoms.